The number of halogens is 1. The van der Waals surface area contributed by atoms with Crippen LogP contribution in [0.4, 0.5) is 0 Å². The smallest absolute Gasteiger partial charge is 0.0542 e. The summed E-state index contributed by atoms with van der Waals surface area (Å²) in [5.41, 5.74) is 6.15. The number of thioether (sulfide) groups is 1. The third-order valence-electron chi connectivity index (χ3n) is 2.33. The molecule has 0 aliphatic rings. The van der Waals surface area contributed by atoms with Crippen LogP contribution >= 0.6 is 39.0 Å². The van der Waals surface area contributed by atoms with Gasteiger partial charge in [0.05, 0.1) is 5.25 Å². The van der Waals surface area contributed by atoms with Gasteiger partial charge in [-0.05, 0) is 40.6 Å². The second kappa shape index (κ2) is 7.71. The maximum absolute atomic E-state index is 8.80. The lowest BCUT2D eigenvalue weighted by atomic mass is 10.1. The predicted octanol–water partition coefficient (Wildman–Crippen LogP) is 3.40. The lowest BCUT2D eigenvalue weighted by Gasteiger charge is -2.21. The topological polar surface area (TPSA) is 46.2 Å². The van der Waals surface area contributed by atoms with Crippen LogP contribution in [0.3, 0.4) is 0 Å². The summed E-state index contributed by atoms with van der Waals surface area (Å²) >= 11 is 7.07. The van der Waals surface area contributed by atoms with Crippen LogP contribution in [0, 0.1) is 0 Å². The fraction of sp³-hybridized carbons (Fsp3) is 0.636. The molecule has 0 amide bonds. The zero-order valence-corrected chi connectivity index (χ0v) is 12.6. The summed E-state index contributed by atoms with van der Waals surface area (Å²) in [7, 11) is 0. The number of hydrogen-bond acceptors (Lipinski definition) is 4. The highest BCUT2D eigenvalue weighted by molar-refractivity contribution is 9.10. The van der Waals surface area contributed by atoms with Gasteiger partial charge in [-0.1, -0.05) is 6.92 Å². The van der Waals surface area contributed by atoms with Gasteiger partial charge in [-0.25, -0.2) is 0 Å². The molecule has 3 N–H and O–H groups in total. The van der Waals surface area contributed by atoms with Crippen LogP contribution in [-0.2, 0) is 0 Å². The molecule has 0 saturated heterocycles. The number of thiophene rings is 1. The van der Waals surface area contributed by atoms with E-state index in [1.54, 1.807) is 11.3 Å². The molecule has 0 aliphatic heterocycles. The molecule has 0 fully saturated rings. The van der Waals surface area contributed by atoms with Crippen molar-refractivity contribution in [3.05, 3.63) is 20.8 Å². The van der Waals surface area contributed by atoms with Crippen molar-refractivity contribution in [2.45, 2.75) is 31.1 Å². The second-order valence-corrected chi connectivity index (χ2v) is 6.72. The van der Waals surface area contributed by atoms with E-state index in [1.165, 1.54) is 4.88 Å². The summed E-state index contributed by atoms with van der Waals surface area (Å²) in [6.07, 6.45) is 1.82. The number of aliphatic hydroxyl groups is 1. The first kappa shape index (κ1) is 14.5. The van der Waals surface area contributed by atoms with E-state index in [0.717, 1.165) is 23.1 Å². The second-order valence-electron chi connectivity index (χ2n) is 3.61. The van der Waals surface area contributed by atoms with Crippen molar-refractivity contribution in [2.24, 2.45) is 5.73 Å². The molecule has 2 nitrogen and oxygen atoms in total. The van der Waals surface area contributed by atoms with Crippen LogP contribution < -0.4 is 5.73 Å². The molecule has 0 aromatic carbocycles. The van der Waals surface area contributed by atoms with Crippen LogP contribution in [0.25, 0.3) is 0 Å². The Bertz CT molecular complexity index is 306. The van der Waals surface area contributed by atoms with E-state index in [-0.39, 0.29) is 12.6 Å². The van der Waals surface area contributed by atoms with Gasteiger partial charge in [0, 0.05) is 27.4 Å². The van der Waals surface area contributed by atoms with Gasteiger partial charge < -0.3 is 10.8 Å². The van der Waals surface area contributed by atoms with Crippen molar-refractivity contribution in [1.82, 2.24) is 0 Å². The monoisotopic (exact) mass is 323 g/mol. The van der Waals surface area contributed by atoms with E-state index >= 15 is 0 Å². The molecule has 0 radical (unpaired) electrons. The largest absolute Gasteiger partial charge is 0.396 e. The van der Waals surface area contributed by atoms with Crippen LogP contribution in [0.2, 0.25) is 0 Å². The van der Waals surface area contributed by atoms with E-state index < -0.39 is 0 Å². The van der Waals surface area contributed by atoms with Crippen LogP contribution in [-0.4, -0.2) is 23.5 Å². The fourth-order valence-corrected chi connectivity index (χ4v) is 4.47. The van der Waals surface area contributed by atoms with E-state index in [0.29, 0.717) is 5.25 Å². The Labute approximate surface area is 114 Å². The Balaban J connectivity index is 2.63. The molecule has 5 heteroatoms. The average molecular weight is 324 g/mol. The van der Waals surface area contributed by atoms with Crippen molar-refractivity contribution in [3.8, 4) is 0 Å². The molecular weight excluding hydrogens is 306 g/mol. The standard InChI is InChI=1S/C11H18BrNOS2/c1-2-9(13)11(15-5-3-4-14)10-6-8(12)7-16-10/h6-7,9,11,14H,2-5,13H2,1H3. The molecular formula is C11H18BrNOS2. The summed E-state index contributed by atoms with van der Waals surface area (Å²) in [5, 5.41) is 11.2. The summed E-state index contributed by atoms with van der Waals surface area (Å²) < 4.78 is 1.13. The SMILES string of the molecule is CCC(N)C(SCCCO)c1cc(Br)cs1. The van der Waals surface area contributed by atoms with Gasteiger partial charge in [-0.2, -0.15) is 11.8 Å². The minimum atomic E-state index is 0.189. The van der Waals surface area contributed by atoms with E-state index in [4.69, 9.17) is 10.8 Å². The summed E-state index contributed by atoms with van der Waals surface area (Å²) in [5.74, 6) is 0.963. The quantitative estimate of drug-likeness (QED) is 0.756. The Morgan fingerprint density at radius 1 is 1.62 bits per heavy atom. The molecule has 0 aliphatic carbocycles. The molecule has 92 valence electrons. The maximum Gasteiger partial charge on any atom is 0.0542 e. The highest BCUT2D eigenvalue weighted by Crippen LogP contribution is 2.37. The first-order chi connectivity index (χ1) is 7.69. The molecule has 1 rings (SSSR count). The van der Waals surface area contributed by atoms with Crippen LogP contribution in [0.1, 0.15) is 29.9 Å². The third-order valence-corrected chi connectivity index (χ3v) is 5.74. The molecule has 1 aromatic heterocycles. The maximum atomic E-state index is 8.80. The average Bonchev–Trinajstić information content (AvgIpc) is 2.70. The first-order valence-electron chi connectivity index (χ1n) is 5.41. The molecule has 0 spiro atoms. The van der Waals surface area contributed by atoms with Crippen molar-refractivity contribution < 1.29 is 5.11 Å². The molecule has 1 heterocycles. The molecule has 0 bridgehead atoms. The van der Waals surface area contributed by atoms with Gasteiger partial charge in [0.25, 0.3) is 0 Å². The van der Waals surface area contributed by atoms with Crippen LogP contribution in [0.15, 0.2) is 15.9 Å². The lowest BCUT2D eigenvalue weighted by molar-refractivity contribution is 0.296. The van der Waals surface area contributed by atoms with Crippen molar-refractivity contribution in [2.75, 3.05) is 12.4 Å². The predicted molar refractivity (Wildman–Crippen MR) is 77.2 cm³/mol. The van der Waals surface area contributed by atoms with E-state index in [1.807, 2.05) is 11.8 Å². The van der Waals surface area contributed by atoms with Crippen molar-refractivity contribution >= 4 is 39.0 Å². The third kappa shape index (κ3) is 4.37. The molecule has 1 aromatic rings. The molecule has 16 heavy (non-hydrogen) atoms. The van der Waals surface area contributed by atoms with Crippen molar-refractivity contribution in [3.63, 3.8) is 0 Å². The zero-order chi connectivity index (χ0) is 12.0. The van der Waals surface area contributed by atoms with Gasteiger partial charge in [-0.15, -0.1) is 11.3 Å². The minimum Gasteiger partial charge on any atom is -0.396 e. The van der Waals surface area contributed by atoms with Gasteiger partial charge in [-0.3, -0.25) is 0 Å². The Kier molecular flexibility index (Phi) is 7.00. The Morgan fingerprint density at radius 2 is 2.38 bits per heavy atom. The number of nitrogens with two attached hydrogens (primary N) is 1. The number of hydrogen-bond donors (Lipinski definition) is 2. The molecule has 2 atom stereocenters. The fourth-order valence-electron chi connectivity index (χ4n) is 1.38. The van der Waals surface area contributed by atoms with Crippen LogP contribution in [0.5, 0.6) is 0 Å². The summed E-state index contributed by atoms with van der Waals surface area (Å²) in [6.45, 7) is 2.38. The minimum absolute atomic E-state index is 0.189. The van der Waals surface area contributed by atoms with E-state index in [2.05, 4.69) is 34.3 Å². The summed E-state index contributed by atoms with van der Waals surface area (Å²) in [6, 6.07) is 2.34. The zero-order valence-electron chi connectivity index (χ0n) is 9.36. The van der Waals surface area contributed by atoms with Gasteiger partial charge in [0.1, 0.15) is 0 Å². The Morgan fingerprint density at radius 3 is 2.88 bits per heavy atom. The number of aliphatic hydroxyl groups excluding tert-OH is 1. The molecule has 0 saturated carbocycles. The highest BCUT2D eigenvalue weighted by Gasteiger charge is 2.20. The Hall–Kier alpha value is 0.450. The first-order valence-corrected chi connectivity index (χ1v) is 8.13. The van der Waals surface area contributed by atoms with E-state index in [9.17, 15) is 0 Å². The summed E-state index contributed by atoms with van der Waals surface area (Å²) in [4.78, 5) is 1.32. The van der Waals surface area contributed by atoms with Gasteiger partial charge in [0.2, 0.25) is 0 Å². The number of rotatable bonds is 7. The lowest BCUT2D eigenvalue weighted by Crippen LogP contribution is -2.25. The normalized spacial score (nSPS) is 15.0. The van der Waals surface area contributed by atoms with Gasteiger partial charge >= 0.3 is 0 Å². The van der Waals surface area contributed by atoms with Gasteiger partial charge in [0.15, 0.2) is 0 Å². The highest BCUT2D eigenvalue weighted by atomic mass is 79.9. The van der Waals surface area contributed by atoms with Crippen molar-refractivity contribution in [1.29, 1.82) is 0 Å². The molecule has 2 unspecified atom stereocenters.